The van der Waals surface area contributed by atoms with Gasteiger partial charge in [0.1, 0.15) is 24.4 Å². The fourth-order valence-corrected chi connectivity index (χ4v) is 1.10. The highest BCUT2D eigenvalue weighted by atomic mass is 16.4. The van der Waals surface area contributed by atoms with Crippen molar-refractivity contribution in [2.24, 2.45) is 0 Å². The third kappa shape index (κ3) is 4.55. The van der Waals surface area contributed by atoms with Gasteiger partial charge in [-0.05, 0) is 6.92 Å². The molecule has 0 aliphatic rings. The summed E-state index contributed by atoms with van der Waals surface area (Å²) in [6, 6.07) is -1.93. The van der Waals surface area contributed by atoms with Gasteiger partial charge in [0.25, 0.3) is 0 Å². The van der Waals surface area contributed by atoms with Crippen LogP contribution in [0, 0.1) is 0 Å². The molecule has 0 aromatic heterocycles. The summed E-state index contributed by atoms with van der Waals surface area (Å²) in [4.78, 5) is 21.9. The van der Waals surface area contributed by atoms with Crippen LogP contribution < -0.4 is 5.32 Å². The average Bonchev–Trinajstić information content (AvgIpc) is 2.32. The van der Waals surface area contributed by atoms with Gasteiger partial charge < -0.3 is 36.0 Å². The van der Waals surface area contributed by atoms with Gasteiger partial charge in [0.05, 0.1) is 6.61 Å². The molecule has 9 nitrogen and oxygen atoms in total. The minimum Gasteiger partial charge on any atom is -0.480 e. The van der Waals surface area contributed by atoms with Gasteiger partial charge in [0.2, 0.25) is 5.91 Å². The lowest BCUT2D eigenvalue weighted by Crippen LogP contribution is -2.57. The summed E-state index contributed by atoms with van der Waals surface area (Å²) >= 11 is 0. The number of carboxylic acids is 1. The molecule has 18 heavy (non-hydrogen) atoms. The number of carbonyl (C=O) groups excluding carboxylic acids is 1. The van der Waals surface area contributed by atoms with Crippen LogP contribution in [0.25, 0.3) is 0 Å². The topological polar surface area (TPSA) is 168 Å². The van der Waals surface area contributed by atoms with Gasteiger partial charge >= 0.3 is 5.97 Å². The first kappa shape index (κ1) is 16.7. The van der Waals surface area contributed by atoms with Gasteiger partial charge in [-0.25, -0.2) is 4.79 Å². The molecule has 0 aliphatic carbocycles. The molecule has 0 radical (unpaired) electrons. The SMILES string of the molecule is CC(O)C(=O)N[C@@H](C(=O)O)[C@@H](O)[C@H](O)[C@H](O)CO. The zero-order valence-corrected chi connectivity index (χ0v) is 9.59. The molecule has 7 N–H and O–H groups in total. The highest BCUT2D eigenvalue weighted by Crippen LogP contribution is 2.06. The van der Waals surface area contributed by atoms with E-state index in [0.717, 1.165) is 6.92 Å². The van der Waals surface area contributed by atoms with Crippen LogP contribution in [0.1, 0.15) is 6.92 Å². The number of hydrogen-bond acceptors (Lipinski definition) is 7. The largest absolute Gasteiger partial charge is 0.480 e. The molecule has 1 unspecified atom stereocenters. The van der Waals surface area contributed by atoms with E-state index in [2.05, 4.69) is 0 Å². The van der Waals surface area contributed by atoms with Crippen LogP contribution in [0.15, 0.2) is 0 Å². The van der Waals surface area contributed by atoms with Gasteiger partial charge in [-0.3, -0.25) is 4.79 Å². The minimum absolute atomic E-state index is 0.894. The van der Waals surface area contributed by atoms with Crippen molar-refractivity contribution in [2.45, 2.75) is 37.4 Å². The smallest absolute Gasteiger partial charge is 0.329 e. The van der Waals surface area contributed by atoms with Gasteiger partial charge in [0, 0.05) is 0 Å². The van der Waals surface area contributed by atoms with E-state index in [1.807, 2.05) is 0 Å². The van der Waals surface area contributed by atoms with E-state index in [1.165, 1.54) is 0 Å². The fourth-order valence-electron chi connectivity index (χ4n) is 1.10. The Morgan fingerprint density at radius 3 is 1.94 bits per heavy atom. The molecule has 1 amide bonds. The fraction of sp³-hybridized carbons (Fsp3) is 0.778. The summed E-state index contributed by atoms with van der Waals surface area (Å²) in [5.74, 6) is -2.73. The molecule has 0 bridgehead atoms. The average molecular weight is 267 g/mol. The first-order valence-corrected chi connectivity index (χ1v) is 5.08. The van der Waals surface area contributed by atoms with Crippen molar-refractivity contribution >= 4 is 11.9 Å². The number of carboxylic acid groups (broad SMARTS) is 1. The second kappa shape index (κ2) is 7.24. The summed E-state index contributed by atoms with van der Waals surface area (Å²) < 4.78 is 0. The Morgan fingerprint density at radius 1 is 1.11 bits per heavy atom. The Hall–Kier alpha value is -1.26. The van der Waals surface area contributed by atoms with Crippen molar-refractivity contribution in [1.82, 2.24) is 5.32 Å². The van der Waals surface area contributed by atoms with E-state index in [0.29, 0.717) is 0 Å². The molecule has 0 fully saturated rings. The number of nitrogens with one attached hydrogen (secondary N) is 1. The quantitative estimate of drug-likeness (QED) is 0.245. The highest BCUT2D eigenvalue weighted by molar-refractivity contribution is 5.86. The molecule has 0 saturated carbocycles. The van der Waals surface area contributed by atoms with Crippen molar-refractivity contribution < 1.29 is 40.2 Å². The van der Waals surface area contributed by atoms with Crippen LogP contribution in [0.5, 0.6) is 0 Å². The zero-order valence-electron chi connectivity index (χ0n) is 9.59. The number of aliphatic hydroxyl groups is 5. The minimum atomic E-state index is -2.05. The molecule has 0 spiro atoms. The third-order valence-corrected chi connectivity index (χ3v) is 2.22. The van der Waals surface area contributed by atoms with E-state index >= 15 is 0 Å². The van der Waals surface area contributed by atoms with Crippen LogP contribution in [-0.2, 0) is 9.59 Å². The molecule has 0 rings (SSSR count). The standard InChI is InChI=1S/C9H17NO8/c1-3(12)8(16)10-5(9(17)18)7(15)6(14)4(13)2-11/h3-7,11-15H,2H2,1H3,(H,10,16)(H,17,18)/t3?,4-,5-,6-,7-/m1/s1. The third-order valence-electron chi connectivity index (χ3n) is 2.22. The first-order chi connectivity index (χ1) is 8.22. The molecule has 5 atom stereocenters. The Bertz CT molecular complexity index is 294. The summed E-state index contributed by atoms with van der Waals surface area (Å²) in [6.45, 7) is 0.189. The molecule has 0 heterocycles. The summed E-state index contributed by atoms with van der Waals surface area (Å²) in [6.07, 6.45) is -7.28. The van der Waals surface area contributed by atoms with Gasteiger partial charge in [0.15, 0.2) is 6.04 Å². The number of hydrogen-bond donors (Lipinski definition) is 7. The Morgan fingerprint density at radius 2 is 1.61 bits per heavy atom. The molecule has 106 valence electrons. The predicted molar refractivity (Wildman–Crippen MR) is 56.4 cm³/mol. The Kier molecular flexibility index (Phi) is 6.73. The molecule has 9 heteroatoms. The second-order valence-corrected chi connectivity index (χ2v) is 3.73. The van der Waals surface area contributed by atoms with E-state index in [9.17, 15) is 19.8 Å². The molecule has 0 aromatic rings. The zero-order chi connectivity index (χ0) is 14.5. The Balaban J connectivity index is 4.79. The van der Waals surface area contributed by atoms with Gasteiger partial charge in [-0.2, -0.15) is 0 Å². The van der Waals surface area contributed by atoms with Crippen molar-refractivity contribution in [3.8, 4) is 0 Å². The van der Waals surface area contributed by atoms with Gasteiger partial charge in [-0.1, -0.05) is 0 Å². The van der Waals surface area contributed by atoms with E-state index < -0.39 is 48.9 Å². The van der Waals surface area contributed by atoms with Crippen molar-refractivity contribution in [1.29, 1.82) is 0 Å². The van der Waals surface area contributed by atoms with Crippen LogP contribution in [-0.4, -0.2) is 79.6 Å². The monoisotopic (exact) mass is 267 g/mol. The lowest BCUT2D eigenvalue weighted by molar-refractivity contribution is -0.152. The number of aliphatic carboxylic acids is 1. The molecular formula is C9H17NO8. The Labute approximate surface area is 102 Å². The van der Waals surface area contributed by atoms with E-state index in [-0.39, 0.29) is 0 Å². The summed E-state index contributed by atoms with van der Waals surface area (Å²) in [5, 5.41) is 55.8. The lowest BCUT2D eigenvalue weighted by Gasteiger charge is -2.27. The number of carbonyl (C=O) groups is 2. The highest BCUT2D eigenvalue weighted by Gasteiger charge is 2.36. The maximum absolute atomic E-state index is 11.1. The van der Waals surface area contributed by atoms with Crippen molar-refractivity contribution in [2.75, 3.05) is 6.61 Å². The number of amides is 1. The van der Waals surface area contributed by atoms with Gasteiger partial charge in [-0.15, -0.1) is 0 Å². The molecule has 0 aliphatic heterocycles. The molecule has 0 saturated heterocycles. The predicted octanol–water partition coefficient (Wildman–Crippen LogP) is -3.99. The maximum Gasteiger partial charge on any atom is 0.329 e. The lowest BCUT2D eigenvalue weighted by atomic mass is 10.0. The van der Waals surface area contributed by atoms with Crippen molar-refractivity contribution in [3.63, 3.8) is 0 Å². The summed E-state index contributed by atoms with van der Waals surface area (Å²) in [5.41, 5.74) is 0. The normalized spacial score (nSPS) is 19.4. The van der Waals surface area contributed by atoms with E-state index in [1.54, 1.807) is 5.32 Å². The number of aliphatic hydroxyl groups excluding tert-OH is 5. The van der Waals surface area contributed by atoms with Crippen LogP contribution in [0.2, 0.25) is 0 Å². The number of rotatable bonds is 7. The van der Waals surface area contributed by atoms with E-state index in [4.69, 9.17) is 20.4 Å². The first-order valence-electron chi connectivity index (χ1n) is 5.08. The van der Waals surface area contributed by atoms with Crippen LogP contribution in [0.3, 0.4) is 0 Å². The van der Waals surface area contributed by atoms with Crippen LogP contribution >= 0.6 is 0 Å². The maximum atomic E-state index is 11.1. The molecular weight excluding hydrogens is 250 g/mol. The van der Waals surface area contributed by atoms with Crippen LogP contribution in [0.4, 0.5) is 0 Å². The summed E-state index contributed by atoms with van der Waals surface area (Å²) in [7, 11) is 0. The molecule has 0 aromatic carbocycles. The van der Waals surface area contributed by atoms with Crippen molar-refractivity contribution in [3.05, 3.63) is 0 Å². The second-order valence-electron chi connectivity index (χ2n) is 3.73.